The summed E-state index contributed by atoms with van der Waals surface area (Å²) >= 11 is 0. The number of carbonyl (C=O) groups excluding carboxylic acids is 1. The van der Waals surface area contributed by atoms with Crippen LogP contribution in [0.4, 0.5) is 0 Å². The highest BCUT2D eigenvalue weighted by molar-refractivity contribution is 5.85. The molecular formula is C11H20N2O3. The normalized spacial score (nSPS) is 8.38. The number of aliphatic carboxylic acids is 1. The molecule has 3 N–H and O–H groups in total. The maximum absolute atomic E-state index is 10.2. The molecule has 0 unspecified atom stereocenters. The molecule has 0 atom stereocenters. The van der Waals surface area contributed by atoms with E-state index in [0.29, 0.717) is 19.4 Å². The van der Waals surface area contributed by atoms with Crippen LogP contribution in [0.2, 0.25) is 0 Å². The molecule has 5 nitrogen and oxygen atoms in total. The van der Waals surface area contributed by atoms with Crippen LogP contribution in [0.5, 0.6) is 0 Å². The molecule has 0 amide bonds. The molecule has 0 aromatic rings. The Morgan fingerprint density at radius 3 is 2.44 bits per heavy atom. The highest BCUT2D eigenvalue weighted by Gasteiger charge is 2.01. The van der Waals surface area contributed by atoms with E-state index in [2.05, 4.69) is 18.5 Å². The summed E-state index contributed by atoms with van der Waals surface area (Å²) in [5, 5.41) is 8.33. The summed E-state index contributed by atoms with van der Waals surface area (Å²) in [6, 6.07) is 0. The van der Waals surface area contributed by atoms with Gasteiger partial charge in [0.1, 0.15) is 0 Å². The third-order valence-corrected chi connectivity index (χ3v) is 1.67. The van der Waals surface area contributed by atoms with Crippen LogP contribution in [-0.2, 0) is 9.59 Å². The first-order chi connectivity index (χ1) is 7.59. The Morgan fingerprint density at radius 2 is 2.12 bits per heavy atom. The second-order valence-electron chi connectivity index (χ2n) is 3.13. The average Bonchev–Trinajstić information content (AvgIpc) is 2.26. The molecule has 0 bridgehead atoms. The minimum Gasteiger partial charge on any atom is -0.478 e. The van der Waals surface area contributed by atoms with Crippen molar-refractivity contribution in [2.24, 2.45) is 10.7 Å². The molecule has 0 radical (unpaired) electrons. The standard InChI is InChI=1S/C7H9NO3.C4H11N/c1-6(7(10)11)3-2-4-8-5-9;1-2-3-4-5/h1-4H2,(H,10,11);2-5H2,1H3. The van der Waals surface area contributed by atoms with Crippen molar-refractivity contribution >= 4 is 12.0 Å². The number of hydrogen-bond donors (Lipinski definition) is 2. The fourth-order valence-electron chi connectivity index (χ4n) is 0.728. The fraction of sp³-hybridized carbons (Fsp3) is 0.636. The van der Waals surface area contributed by atoms with Crippen LogP contribution in [0.3, 0.4) is 0 Å². The molecular weight excluding hydrogens is 208 g/mol. The lowest BCUT2D eigenvalue weighted by molar-refractivity contribution is -0.132. The Bertz CT molecular complexity index is 244. The van der Waals surface area contributed by atoms with Crippen molar-refractivity contribution < 1.29 is 14.7 Å². The van der Waals surface area contributed by atoms with E-state index >= 15 is 0 Å². The van der Waals surface area contributed by atoms with Gasteiger partial charge in [-0.3, -0.25) is 0 Å². The first-order valence-corrected chi connectivity index (χ1v) is 5.24. The van der Waals surface area contributed by atoms with Gasteiger partial charge in [-0.05, 0) is 25.8 Å². The first-order valence-electron chi connectivity index (χ1n) is 5.24. The van der Waals surface area contributed by atoms with E-state index < -0.39 is 5.97 Å². The number of rotatable bonds is 7. The summed E-state index contributed by atoms with van der Waals surface area (Å²) in [6.45, 7) is 6.60. The highest BCUT2D eigenvalue weighted by Crippen LogP contribution is 2.01. The number of hydrogen-bond acceptors (Lipinski definition) is 4. The van der Waals surface area contributed by atoms with Crippen LogP contribution in [0.25, 0.3) is 0 Å². The number of nitrogens with two attached hydrogens (primary N) is 1. The van der Waals surface area contributed by atoms with E-state index in [9.17, 15) is 9.59 Å². The predicted octanol–water partition coefficient (Wildman–Crippen LogP) is 1.49. The minimum absolute atomic E-state index is 0.145. The molecule has 16 heavy (non-hydrogen) atoms. The Hall–Kier alpha value is -1.45. The number of carbonyl (C=O) groups is 1. The molecule has 0 heterocycles. The molecule has 0 aliphatic carbocycles. The molecule has 0 saturated carbocycles. The van der Waals surface area contributed by atoms with Crippen LogP contribution >= 0.6 is 0 Å². The van der Waals surface area contributed by atoms with E-state index in [-0.39, 0.29) is 5.57 Å². The summed E-state index contributed by atoms with van der Waals surface area (Å²) in [6.07, 6.45) is 4.64. The van der Waals surface area contributed by atoms with Gasteiger partial charge in [0.15, 0.2) is 0 Å². The van der Waals surface area contributed by atoms with Crippen molar-refractivity contribution in [3.05, 3.63) is 12.2 Å². The van der Waals surface area contributed by atoms with Gasteiger partial charge in [0.25, 0.3) is 0 Å². The number of aliphatic imine (C=N–C) groups is 1. The average molecular weight is 228 g/mol. The third-order valence-electron chi connectivity index (χ3n) is 1.67. The van der Waals surface area contributed by atoms with Gasteiger partial charge in [-0.1, -0.05) is 19.9 Å². The van der Waals surface area contributed by atoms with Gasteiger partial charge in [-0.2, -0.15) is 0 Å². The second-order valence-corrected chi connectivity index (χ2v) is 3.13. The number of unbranched alkanes of at least 4 members (excludes halogenated alkanes) is 1. The SMILES string of the molecule is C=C(CCCN=C=O)C(=O)O.CCCCN. The molecule has 0 spiro atoms. The largest absolute Gasteiger partial charge is 0.478 e. The lowest BCUT2D eigenvalue weighted by atomic mass is 10.2. The molecule has 0 saturated heterocycles. The predicted molar refractivity (Wildman–Crippen MR) is 63.0 cm³/mol. The van der Waals surface area contributed by atoms with Gasteiger partial charge in [0.05, 0.1) is 6.54 Å². The molecule has 0 aromatic carbocycles. The van der Waals surface area contributed by atoms with Crippen LogP contribution < -0.4 is 5.73 Å². The molecule has 0 aliphatic rings. The van der Waals surface area contributed by atoms with Crippen molar-refractivity contribution in [2.45, 2.75) is 32.6 Å². The number of isocyanates is 1. The van der Waals surface area contributed by atoms with E-state index in [1.54, 1.807) is 0 Å². The van der Waals surface area contributed by atoms with Gasteiger partial charge in [0, 0.05) is 5.57 Å². The summed E-state index contributed by atoms with van der Waals surface area (Å²) in [5.41, 5.74) is 5.28. The van der Waals surface area contributed by atoms with Crippen LogP contribution in [-0.4, -0.2) is 30.2 Å². The van der Waals surface area contributed by atoms with E-state index in [4.69, 9.17) is 10.8 Å². The van der Waals surface area contributed by atoms with E-state index in [1.165, 1.54) is 18.9 Å². The molecule has 0 aliphatic heterocycles. The zero-order valence-electron chi connectivity index (χ0n) is 9.74. The minimum atomic E-state index is -1.000. The Kier molecular flexibility index (Phi) is 14.4. The molecule has 5 heteroatoms. The lowest BCUT2D eigenvalue weighted by Crippen LogP contribution is -1.99. The second kappa shape index (κ2) is 13.5. The maximum atomic E-state index is 10.2. The molecule has 0 rings (SSSR count). The van der Waals surface area contributed by atoms with Crippen molar-refractivity contribution in [1.82, 2.24) is 0 Å². The van der Waals surface area contributed by atoms with Crippen molar-refractivity contribution in [2.75, 3.05) is 13.1 Å². The van der Waals surface area contributed by atoms with Crippen LogP contribution in [0.1, 0.15) is 32.6 Å². The van der Waals surface area contributed by atoms with Crippen LogP contribution in [0.15, 0.2) is 17.1 Å². The Labute approximate surface area is 96.1 Å². The summed E-state index contributed by atoms with van der Waals surface area (Å²) in [7, 11) is 0. The van der Waals surface area contributed by atoms with Crippen LogP contribution in [0, 0.1) is 0 Å². The summed E-state index contributed by atoms with van der Waals surface area (Å²) in [5.74, 6) is -1.000. The Morgan fingerprint density at radius 1 is 1.50 bits per heavy atom. The summed E-state index contributed by atoms with van der Waals surface area (Å²) in [4.78, 5) is 23.0. The smallest absolute Gasteiger partial charge is 0.330 e. The van der Waals surface area contributed by atoms with Gasteiger partial charge in [0.2, 0.25) is 6.08 Å². The third kappa shape index (κ3) is 15.0. The lowest BCUT2D eigenvalue weighted by Gasteiger charge is -1.95. The first kappa shape index (κ1) is 17.0. The highest BCUT2D eigenvalue weighted by atomic mass is 16.4. The number of carboxylic acids is 1. The maximum Gasteiger partial charge on any atom is 0.330 e. The zero-order chi connectivity index (χ0) is 12.8. The molecule has 92 valence electrons. The van der Waals surface area contributed by atoms with E-state index in [0.717, 1.165) is 6.54 Å². The van der Waals surface area contributed by atoms with Gasteiger partial charge < -0.3 is 10.8 Å². The summed E-state index contributed by atoms with van der Waals surface area (Å²) < 4.78 is 0. The van der Waals surface area contributed by atoms with E-state index in [1.807, 2.05) is 0 Å². The Balaban J connectivity index is 0. The van der Waals surface area contributed by atoms with Gasteiger partial charge >= 0.3 is 5.97 Å². The van der Waals surface area contributed by atoms with Gasteiger partial charge in [-0.25, -0.2) is 14.6 Å². The monoisotopic (exact) mass is 228 g/mol. The number of nitrogens with zero attached hydrogens (tertiary/aromatic N) is 1. The van der Waals surface area contributed by atoms with Crippen molar-refractivity contribution in [3.8, 4) is 0 Å². The van der Waals surface area contributed by atoms with Gasteiger partial charge in [-0.15, -0.1) is 0 Å². The van der Waals surface area contributed by atoms with Crippen molar-refractivity contribution in [3.63, 3.8) is 0 Å². The molecule has 0 fully saturated rings. The topological polar surface area (TPSA) is 92.8 Å². The number of carboxylic acid groups (broad SMARTS) is 1. The fourth-order valence-corrected chi connectivity index (χ4v) is 0.728. The molecule has 0 aromatic heterocycles. The van der Waals surface area contributed by atoms with Crippen molar-refractivity contribution in [1.29, 1.82) is 0 Å². The zero-order valence-corrected chi connectivity index (χ0v) is 9.74. The quantitative estimate of drug-likeness (QED) is 0.299.